The summed E-state index contributed by atoms with van der Waals surface area (Å²) >= 11 is 6.15. The van der Waals surface area contributed by atoms with Gasteiger partial charge >= 0.3 is 0 Å². The highest BCUT2D eigenvalue weighted by molar-refractivity contribution is 7.89. The van der Waals surface area contributed by atoms with E-state index < -0.39 is 27.6 Å². The molecule has 0 saturated heterocycles. The first-order valence-corrected chi connectivity index (χ1v) is 12.0. The Morgan fingerprint density at radius 2 is 1.79 bits per heavy atom. The SMILES string of the molecule is CCN(CC)S(=O)(=O)c1cc(NC(=O)c2c(C)nn(-c3ccc(F)cc3F)c2C)ccc1Cl. The number of sulfonamides is 1. The molecule has 1 N–H and O–H groups in total. The van der Waals surface area contributed by atoms with Crippen molar-refractivity contribution >= 4 is 33.2 Å². The summed E-state index contributed by atoms with van der Waals surface area (Å²) in [6.45, 7) is 7.13. The van der Waals surface area contributed by atoms with Crippen LogP contribution in [0.4, 0.5) is 14.5 Å². The van der Waals surface area contributed by atoms with Crippen LogP contribution in [-0.4, -0.2) is 41.5 Å². The van der Waals surface area contributed by atoms with E-state index in [1.54, 1.807) is 27.7 Å². The molecule has 0 aliphatic rings. The molecule has 0 saturated carbocycles. The molecule has 1 heterocycles. The Hall–Kier alpha value is -2.82. The van der Waals surface area contributed by atoms with Crippen LogP contribution in [0, 0.1) is 25.5 Å². The van der Waals surface area contributed by atoms with Gasteiger partial charge in [-0.05, 0) is 44.2 Å². The fourth-order valence-corrected chi connectivity index (χ4v) is 5.49. The largest absolute Gasteiger partial charge is 0.322 e. The molecule has 0 radical (unpaired) electrons. The van der Waals surface area contributed by atoms with Crippen LogP contribution in [0.5, 0.6) is 0 Å². The van der Waals surface area contributed by atoms with E-state index in [4.69, 9.17) is 11.6 Å². The molecule has 0 atom stereocenters. The summed E-state index contributed by atoms with van der Waals surface area (Å²) in [5.74, 6) is -2.11. The molecule has 3 rings (SSSR count). The number of halogens is 3. The molecule has 0 fully saturated rings. The number of nitrogens with zero attached hydrogens (tertiary/aromatic N) is 3. The molecule has 0 bridgehead atoms. The average Bonchev–Trinajstić information content (AvgIpc) is 3.03. The summed E-state index contributed by atoms with van der Waals surface area (Å²) in [6, 6.07) is 7.23. The van der Waals surface area contributed by atoms with Gasteiger partial charge in [0.05, 0.1) is 22.0 Å². The van der Waals surface area contributed by atoms with E-state index in [0.717, 1.165) is 12.1 Å². The topological polar surface area (TPSA) is 84.3 Å². The maximum Gasteiger partial charge on any atom is 0.259 e. The number of carbonyl (C=O) groups is 1. The van der Waals surface area contributed by atoms with Gasteiger partial charge in [0.2, 0.25) is 10.0 Å². The molecule has 11 heteroatoms. The Morgan fingerprint density at radius 1 is 1.12 bits per heavy atom. The van der Waals surface area contributed by atoms with Crippen molar-refractivity contribution in [3.8, 4) is 5.69 Å². The number of benzene rings is 2. The summed E-state index contributed by atoms with van der Waals surface area (Å²) in [4.78, 5) is 12.9. The molecule has 3 aromatic rings. The molecular weight excluding hydrogens is 474 g/mol. The zero-order valence-electron chi connectivity index (χ0n) is 18.5. The van der Waals surface area contributed by atoms with Crippen LogP contribution in [-0.2, 0) is 10.0 Å². The highest BCUT2D eigenvalue weighted by Gasteiger charge is 2.26. The first kappa shape index (κ1) is 24.8. The van der Waals surface area contributed by atoms with Crippen molar-refractivity contribution in [1.82, 2.24) is 14.1 Å². The van der Waals surface area contributed by atoms with Crippen LogP contribution in [0.25, 0.3) is 5.69 Å². The molecule has 0 unspecified atom stereocenters. The van der Waals surface area contributed by atoms with Crippen LogP contribution in [0.15, 0.2) is 41.3 Å². The number of hydrogen-bond acceptors (Lipinski definition) is 4. The molecule has 1 amide bonds. The third-order valence-corrected chi connectivity index (χ3v) is 7.70. The Balaban J connectivity index is 1.97. The summed E-state index contributed by atoms with van der Waals surface area (Å²) in [7, 11) is -3.85. The predicted octanol–water partition coefficient (Wildman–Crippen LogP) is 4.70. The van der Waals surface area contributed by atoms with Gasteiger partial charge in [0, 0.05) is 24.8 Å². The Morgan fingerprint density at radius 3 is 2.39 bits per heavy atom. The number of aromatic nitrogens is 2. The molecule has 176 valence electrons. The minimum absolute atomic E-state index is 0.00450. The minimum Gasteiger partial charge on any atom is -0.322 e. The number of anilines is 1. The van der Waals surface area contributed by atoms with E-state index >= 15 is 0 Å². The Bertz CT molecular complexity index is 1320. The number of amides is 1. The normalized spacial score (nSPS) is 11.8. The highest BCUT2D eigenvalue weighted by Crippen LogP contribution is 2.29. The van der Waals surface area contributed by atoms with Crippen molar-refractivity contribution in [3.05, 3.63) is 70.0 Å². The van der Waals surface area contributed by atoms with Crippen molar-refractivity contribution in [3.63, 3.8) is 0 Å². The van der Waals surface area contributed by atoms with Gasteiger partial charge in [-0.2, -0.15) is 9.40 Å². The van der Waals surface area contributed by atoms with Crippen molar-refractivity contribution in [2.24, 2.45) is 0 Å². The van der Waals surface area contributed by atoms with E-state index in [-0.39, 0.29) is 39.9 Å². The number of nitrogens with one attached hydrogen (secondary N) is 1. The van der Waals surface area contributed by atoms with Gasteiger partial charge in [0.15, 0.2) is 5.82 Å². The van der Waals surface area contributed by atoms with Gasteiger partial charge in [-0.3, -0.25) is 4.79 Å². The second-order valence-corrected chi connectivity index (χ2v) is 9.56. The predicted molar refractivity (Wildman–Crippen MR) is 122 cm³/mol. The molecule has 7 nitrogen and oxygen atoms in total. The monoisotopic (exact) mass is 496 g/mol. The molecular formula is C22H23ClF2N4O3S. The number of hydrogen-bond donors (Lipinski definition) is 1. The van der Waals surface area contributed by atoms with Gasteiger partial charge in [-0.1, -0.05) is 25.4 Å². The van der Waals surface area contributed by atoms with Crippen molar-refractivity contribution < 1.29 is 22.0 Å². The second-order valence-electron chi connectivity index (χ2n) is 7.24. The summed E-state index contributed by atoms with van der Waals surface area (Å²) in [5, 5.41) is 6.91. The highest BCUT2D eigenvalue weighted by atomic mass is 35.5. The number of aryl methyl sites for hydroxylation is 1. The quantitative estimate of drug-likeness (QED) is 0.513. The standard InChI is InChI=1S/C22H23ClF2N4O3S/c1-5-28(6-2)33(31,32)20-12-16(8-9-17(20)23)26-22(30)21-13(3)27-29(14(21)4)19-10-7-15(24)11-18(19)25/h7-12H,5-6H2,1-4H3,(H,26,30). The first-order valence-electron chi connectivity index (χ1n) is 10.1. The lowest BCUT2D eigenvalue weighted by atomic mass is 10.1. The average molecular weight is 497 g/mol. The van der Waals surface area contributed by atoms with Crippen molar-refractivity contribution in [2.75, 3.05) is 18.4 Å². The minimum atomic E-state index is -3.85. The van der Waals surface area contributed by atoms with E-state index in [0.29, 0.717) is 11.4 Å². The summed E-state index contributed by atoms with van der Waals surface area (Å²) in [5.41, 5.74) is 1.05. The lowest BCUT2D eigenvalue weighted by Gasteiger charge is -2.19. The van der Waals surface area contributed by atoms with Crippen LogP contribution in [0.2, 0.25) is 5.02 Å². The molecule has 2 aromatic carbocycles. The van der Waals surface area contributed by atoms with Crippen LogP contribution >= 0.6 is 11.6 Å². The molecule has 1 aromatic heterocycles. The smallest absolute Gasteiger partial charge is 0.259 e. The summed E-state index contributed by atoms with van der Waals surface area (Å²) < 4.78 is 55.8. The maximum atomic E-state index is 14.2. The third-order valence-electron chi connectivity index (χ3n) is 5.17. The Labute approximate surface area is 196 Å². The number of carbonyl (C=O) groups excluding carboxylic acids is 1. The van der Waals surface area contributed by atoms with Gasteiger partial charge in [0.1, 0.15) is 16.4 Å². The van der Waals surface area contributed by atoms with Crippen LogP contribution in [0.3, 0.4) is 0 Å². The molecule has 0 spiro atoms. The Kier molecular flexibility index (Phi) is 7.20. The van der Waals surface area contributed by atoms with Gasteiger partial charge in [-0.25, -0.2) is 21.9 Å². The first-order chi connectivity index (χ1) is 15.5. The molecule has 0 aliphatic carbocycles. The van der Waals surface area contributed by atoms with E-state index in [1.807, 2.05) is 0 Å². The van der Waals surface area contributed by atoms with Gasteiger partial charge < -0.3 is 5.32 Å². The zero-order chi connectivity index (χ0) is 24.5. The second kappa shape index (κ2) is 9.58. The van der Waals surface area contributed by atoms with Gasteiger partial charge in [-0.15, -0.1) is 0 Å². The van der Waals surface area contributed by atoms with Gasteiger partial charge in [0.25, 0.3) is 5.91 Å². The van der Waals surface area contributed by atoms with Crippen molar-refractivity contribution in [2.45, 2.75) is 32.6 Å². The molecule has 0 aliphatic heterocycles. The fourth-order valence-electron chi connectivity index (χ4n) is 3.53. The van der Waals surface area contributed by atoms with E-state index in [2.05, 4.69) is 10.4 Å². The van der Waals surface area contributed by atoms with Crippen LogP contribution < -0.4 is 5.32 Å². The maximum absolute atomic E-state index is 14.2. The van der Waals surface area contributed by atoms with E-state index in [1.165, 1.54) is 33.3 Å². The van der Waals surface area contributed by atoms with Crippen LogP contribution in [0.1, 0.15) is 35.6 Å². The fraction of sp³-hybridized carbons (Fsp3) is 0.273. The lowest BCUT2D eigenvalue weighted by Crippen LogP contribution is -2.30. The third kappa shape index (κ3) is 4.78. The zero-order valence-corrected chi connectivity index (χ0v) is 20.1. The molecule has 33 heavy (non-hydrogen) atoms. The number of rotatable bonds is 7. The van der Waals surface area contributed by atoms with Crippen molar-refractivity contribution in [1.29, 1.82) is 0 Å². The summed E-state index contributed by atoms with van der Waals surface area (Å²) in [6.07, 6.45) is 0. The lowest BCUT2D eigenvalue weighted by molar-refractivity contribution is 0.102. The van der Waals surface area contributed by atoms with E-state index in [9.17, 15) is 22.0 Å².